The minimum Gasteiger partial charge on any atom is -0.497 e. The molecule has 24 heavy (non-hydrogen) atoms. The summed E-state index contributed by atoms with van der Waals surface area (Å²) in [4.78, 5) is 14.3. The van der Waals surface area contributed by atoms with Crippen LogP contribution >= 0.6 is 0 Å². The van der Waals surface area contributed by atoms with Gasteiger partial charge in [-0.15, -0.1) is 0 Å². The summed E-state index contributed by atoms with van der Waals surface area (Å²) in [6.07, 6.45) is 3.19. The molecule has 4 heteroatoms. The van der Waals surface area contributed by atoms with Crippen LogP contribution in [0.15, 0.2) is 60.7 Å². The Balaban J connectivity index is 1.51. The van der Waals surface area contributed by atoms with Gasteiger partial charge in [-0.05, 0) is 41.8 Å². The Hall–Kier alpha value is -2.59. The minimum atomic E-state index is 0.0109. The number of nitrogens with one attached hydrogen (secondary N) is 1. The molecule has 2 aromatic carbocycles. The van der Waals surface area contributed by atoms with Gasteiger partial charge >= 0.3 is 0 Å². The lowest BCUT2D eigenvalue weighted by molar-refractivity contribution is -0.117. The maximum atomic E-state index is 12.2. The van der Waals surface area contributed by atoms with Crippen LogP contribution in [0.1, 0.15) is 12.0 Å². The maximum Gasteiger partial charge on any atom is 0.238 e. The second-order valence-corrected chi connectivity index (χ2v) is 5.86. The van der Waals surface area contributed by atoms with Gasteiger partial charge < -0.3 is 10.1 Å². The molecule has 0 radical (unpaired) electrons. The molecule has 4 nitrogen and oxygen atoms in total. The first-order chi connectivity index (χ1) is 11.7. The van der Waals surface area contributed by atoms with Gasteiger partial charge in [0.05, 0.1) is 13.7 Å². The third-order valence-corrected chi connectivity index (χ3v) is 4.18. The van der Waals surface area contributed by atoms with Gasteiger partial charge in [0.2, 0.25) is 5.91 Å². The summed E-state index contributed by atoms with van der Waals surface area (Å²) in [5.41, 5.74) is 3.43. The molecule has 0 bridgehead atoms. The number of hydrogen-bond donors (Lipinski definition) is 1. The molecule has 0 atom stereocenters. The zero-order valence-electron chi connectivity index (χ0n) is 13.9. The van der Waals surface area contributed by atoms with E-state index in [1.165, 1.54) is 11.1 Å². The van der Waals surface area contributed by atoms with Gasteiger partial charge in [-0.3, -0.25) is 9.69 Å². The molecule has 2 aromatic rings. The Morgan fingerprint density at radius 1 is 1.12 bits per heavy atom. The lowest BCUT2D eigenvalue weighted by atomic mass is 10.00. The molecular formula is C20H22N2O2. The standard InChI is InChI=1S/C20H22N2O2/c1-24-19-9-7-18(8-10-19)21-20(23)15-22-13-11-17(12-14-22)16-5-3-2-4-6-16/h2-11H,12-15H2,1H3,(H,21,23). The quantitative estimate of drug-likeness (QED) is 0.917. The normalized spacial score (nSPS) is 14.8. The van der Waals surface area contributed by atoms with E-state index in [4.69, 9.17) is 4.74 Å². The highest BCUT2D eigenvalue weighted by atomic mass is 16.5. The third-order valence-electron chi connectivity index (χ3n) is 4.18. The fourth-order valence-electron chi connectivity index (χ4n) is 2.85. The molecule has 1 aliphatic rings. The van der Waals surface area contributed by atoms with Crippen LogP contribution in [0.4, 0.5) is 5.69 Å². The first-order valence-corrected chi connectivity index (χ1v) is 8.15. The molecule has 124 valence electrons. The van der Waals surface area contributed by atoms with E-state index < -0.39 is 0 Å². The number of nitrogens with zero attached hydrogens (tertiary/aromatic N) is 1. The summed E-state index contributed by atoms with van der Waals surface area (Å²) in [5, 5.41) is 2.93. The molecule has 0 saturated carbocycles. The number of carbonyl (C=O) groups excluding carboxylic acids is 1. The lowest BCUT2D eigenvalue weighted by Gasteiger charge is -2.25. The van der Waals surface area contributed by atoms with Crippen molar-refractivity contribution in [2.24, 2.45) is 0 Å². The Morgan fingerprint density at radius 3 is 2.50 bits per heavy atom. The fraction of sp³-hybridized carbons (Fsp3) is 0.250. The van der Waals surface area contributed by atoms with Crippen molar-refractivity contribution in [1.29, 1.82) is 0 Å². The number of amides is 1. The van der Waals surface area contributed by atoms with Gasteiger partial charge in [0.25, 0.3) is 0 Å². The highest BCUT2D eigenvalue weighted by Gasteiger charge is 2.15. The SMILES string of the molecule is COc1ccc(NC(=O)CN2CC=C(c3ccccc3)CC2)cc1. The number of ether oxygens (including phenoxy) is 1. The van der Waals surface area contributed by atoms with Crippen molar-refractivity contribution < 1.29 is 9.53 Å². The summed E-state index contributed by atoms with van der Waals surface area (Å²) in [7, 11) is 1.63. The highest BCUT2D eigenvalue weighted by Crippen LogP contribution is 2.22. The second kappa shape index (κ2) is 7.79. The molecule has 0 aromatic heterocycles. The lowest BCUT2D eigenvalue weighted by Crippen LogP contribution is -2.36. The number of anilines is 1. The first-order valence-electron chi connectivity index (χ1n) is 8.15. The van der Waals surface area contributed by atoms with E-state index in [2.05, 4.69) is 40.6 Å². The van der Waals surface area contributed by atoms with Gasteiger partial charge in [-0.1, -0.05) is 36.4 Å². The van der Waals surface area contributed by atoms with Crippen LogP contribution in [-0.2, 0) is 4.79 Å². The molecular weight excluding hydrogens is 300 g/mol. The highest BCUT2D eigenvalue weighted by molar-refractivity contribution is 5.92. The van der Waals surface area contributed by atoms with Crippen LogP contribution in [0.2, 0.25) is 0 Å². The molecule has 0 spiro atoms. The van der Waals surface area contributed by atoms with Crippen molar-refractivity contribution in [1.82, 2.24) is 4.90 Å². The third kappa shape index (κ3) is 4.24. The molecule has 0 unspecified atom stereocenters. The van der Waals surface area contributed by atoms with Gasteiger partial charge in [0, 0.05) is 18.8 Å². The van der Waals surface area contributed by atoms with Crippen LogP contribution in [0, 0.1) is 0 Å². The summed E-state index contributed by atoms with van der Waals surface area (Å²) in [5.74, 6) is 0.791. The Morgan fingerprint density at radius 2 is 1.88 bits per heavy atom. The number of rotatable bonds is 5. The Kier molecular flexibility index (Phi) is 5.29. The number of methoxy groups -OCH3 is 1. The van der Waals surface area contributed by atoms with Crippen LogP contribution in [0.5, 0.6) is 5.75 Å². The van der Waals surface area contributed by atoms with E-state index in [9.17, 15) is 4.79 Å². The van der Waals surface area contributed by atoms with Crippen molar-refractivity contribution in [3.05, 3.63) is 66.2 Å². The van der Waals surface area contributed by atoms with Crippen LogP contribution in [-0.4, -0.2) is 37.6 Å². The van der Waals surface area contributed by atoms with E-state index >= 15 is 0 Å². The molecule has 3 rings (SSSR count). The zero-order chi connectivity index (χ0) is 16.8. The largest absolute Gasteiger partial charge is 0.497 e. The smallest absolute Gasteiger partial charge is 0.238 e. The number of carbonyl (C=O) groups is 1. The van der Waals surface area contributed by atoms with E-state index in [0.29, 0.717) is 6.54 Å². The molecule has 0 fully saturated rings. The molecule has 1 heterocycles. The van der Waals surface area contributed by atoms with Gasteiger partial charge in [-0.2, -0.15) is 0 Å². The van der Waals surface area contributed by atoms with Crippen molar-refractivity contribution in [3.63, 3.8) is 0 Å². The van der Waals surface area contributed by atoms with Crippen LogP contribution < -0.4 is 10.1 Å². The van der Waals surface area contributed by atoms with Gasteiger partial charge in [-0.25, -0.2) is 0 Å². The van der Waals surface area contributed by atoms with Crippen molar-refractivity contribution in [2.45, 2.75) is 6.42 Å². The van der Waals surface area contributed by atoms with Gasteiger partial charge in [0.1, 0.15) is 5.75 Å². The maximum absolute atomic E-state index is 12.2. The Labute approximate surface area is 142 Å². The average Bonchev–Trinajstić information content (AvgIpc) is 2.64. The van der Waals surface area contributed by atoms with Crippen molar-refractivity contribution >= 4 is 17.2 Å². The summed E-state index contributed by atoms with van der Waals surface area (Å²) < 4.78 is 5.11. The second-order valence-electron chi connectivity index (χ2n) is 5.86. The Bertz CT molecular complexity index is 708. The zero-order valence-corrected chi connectivity index (χ0v) is 13.9. The molecule has 1 N–H and O–H groups in total. The fourth-order valence-corrected chi connectivity index (χ4v) is 2.85. The molecule has 0 aliphatic carbocycles. The predicted molar refractivity (Wildman–Crippen MR) is 97.1 cm³/mol. The van der Waals surface area contributed by atoms with Crippen LogP contribution in [0.3, 0.4) is 0 Å². The molecule has 1 aliphatic heterocycles. The summed E-state index contributed by atoms with van der Waals surface area (Å²) in [6, 6.07) is 17.8. The number of hydrogen-bond acceptors (Lipinski definition) is 3. The van der Waals surface area contributed by atoms with Crippen molar-refractivity contribution in [3.8, 4) is 5.75 Å². The van der Waals surface area contributed by atoms with E-state index in [-0.39, 0.29) is 5.91 Å². The van der Waals surface area contributed by atoms with E-state index in [0.717, 1.165) is 30.9 Å². The topological polar surface area (TPSA) is 41.6 Å². The van der Waals surface area contributed by atoms with Crippen LogP contribution in [0.25, 0.3) is 5.57 Å². The predicted octanol–water partition coefficient (Wildman–Crippen LogP) is 3.42. The average molecular weight is 322 g/mol. The van der Waals surface area contributed by atoms with E-state index in [1.807, 2.05) is 30.3 Å². The summed E-state index contributed by atoms with van der Waals surface area (Å²) >= 11 is 0. The molecule has 1 amide bonds. The minimum absolute atomic E-state index is 0.0109. The summed E-state index contributed by atoms with van der Waals surface area (Å²) in [6.45, 7) is 2.11. The van der Waals surface area contributed by atoms with E-state index in [1.54, 1.807) is 7.11 Å². The molecule has 0 saturated heterocycles. The first kappa shape index (κ1) is 16.3. The monoisotopic (exact) mass is 322 g/mol. The number of benzene rings is 2. The van der Waals surface area contributed by atoms with Crippen molar-refractivity contribution in [2.75, 3.05) is 32.1 Å². The van der Waals surface area contributed by atoms with Gasteiger partial charge in [0.15, 0.2) is 0 Å².